The van der Waals surface area contributed by atoms with Crippen molar-refractivity contribution in [2.45, 2.75) is 70.9 Å². The molecule has 1 aliphatic carbocycles. The van der Waals surface area contributed by atoms with Gasteiger partial charge in [0.05, 0.1) is 6.04 Å². The summed E-state index contributed by atoms with van der Waals surface area (Å²) in [6.07, 6.45) is 2.93. The fourth-order valence-corrected chi connectivity index (χ4v) is 5.36. The number of halogens is 1. The monoisotopic (exact) mass is 503 g/mol. The van der Waals surface area contributed by atoms with E-state index in [1.165, 1.54) is 0 Å². The average molecular weight is 504 g/mol. The molecule has 0 radical (unpaired) electrons. The molecule has 0 bridgehead atoms. The third-order valence-corrected chi connectivity index (χ3v) is 7.98. The largest absolute Gasteiger partial charge is 0.444 e. The first-order valence-corrected chi connectivity index (χ1v) is 13.1. The second-order valence-corrected chi connectivity index (χ2v) is 12.1. The van der Waals surface area contributed by atoms with E-state index in [1.807, 2.05) is 61.8 Å². The third-order valence-electron chi connectivity index (χ3n) is 7.73. The Morgan fingerprint density at radius 3 is 2.17 bits per heavy atom. The minimum atomic E-state index is -0.599. The molecule has 35 heavy (non-hydrogen) atoms. The van der Waals surface area contributed by atoms with Gasteiger partial charge >= 0.3 is 6.09 Å². The van der Waals surface area contributed by atoms with Gasteiger partial charge in [-0.05, 0) is 64.2 Å². The summed E-state index contributed by atoms with van der Waals surface area (Å²) in [6, 6.07) is 7.43. The zero-order valence-electron chi connectivity index (χ0n) is 21.6. The number of nitrogens with zero attached hydrogens (tertiary/aromatic N) is 3. The van der Waals surface area contributed by atoms with Gasteiger partial charge in [0.25, 0.3) is 0 Å². The van der Waals surface area contributed by atoms with Crippen LogP contribution in [0.5, 0.6) is 0 Å². The Kier molecular flexibility index (Phi) is 7.11. The van der Waals surface area contributed by atoms with Crippen LogP contribution < -0.4 is 0 Å². The van der Waals surface area contributed by atoms with Crippen molar-refractivity contribution < 1.29 is 19.1 Å². The standard InChI is InChI=1S/C27H38ClN3O4/c1-26(2,3)35-25(34)29(5)22-17-31(16-21(22)18-6-8-20(28)9-7-18)23(32)19-10-14-30(15-11-19)24(33)27(4)12-13-27/h6-9,19,21-22H,10-17H2,1-5H3/t21-,22+/m0/s1. The van der Waals surface area contributed by atoms with E-state index < -0.39 is 11.7 Å². The van der Waals surface area contributed by atoms with Crippen LogP contribution in [-0.2, 0) is 14.3 Å². The van der Waals surface area contributed by atoms with Crippen molar-refractivity contribution in [3.63, 3.8) is 0 Å². The maximum atomic E-state index is 13.6. The van der Waals surface area contributed by atoms with Crippen molar-refractivity contribution in [2.24, 2.45) is 11.3 Å². The van der Waals surface area contributed by atoms with Gasteiger partial charge in [-0.15, -0.1) is 0 Å². The summed E-state index contributed by atoms with van der Waals surface area (Å²) in [5, 5.41) is 0.651. The van der Waals surface area contributed by atoms with Crippen molar-refractivity contribution in [1.29, 1.82) is 0 Å². The molecule has 0 unspecified atom stereocenters. The van der Waals surface area contributed by atoms with Crippen molar-refractivity contribution in [3.8, 4) is 0 Å². The quantitative estimate of drug-likeness (QED) is 0.604. The molecule has 3 fully saturated rings. The van der Waals surface area contributed by atoms with Gasteiger partial charge in [0.15, 0.2) is 0 Å². The number of likely N-dealkylation sites (tertiary alicyclic amines) is 2. The number of ether oxygens (including phenoxy) is 1. The van der Waals surface area contributed by atoms with Crippen LogP contribution in [0, 0.1) is 11.3 Å². The number of carbonyl (C=O) groups is 3. The Hall–Kier alpha value is -2.28. The minimum Gasteiger partial charge on any atom is -0.444 e. The highest BCUT2D eigenvalue weighted by molar-refractivity contribution is 6.30. The highest BCUT2D eigenvalue weighted by atomic mass is 35.5. The molecule has 8 heteroatoms. The van der Waals surface area contributed by atoms with Crippen LogP contribution >= 0.6 is 11.6 Å². The maximum absolute atomic E-state index is 13.6. The van der Waals surface area contributed by atoms with Gasteiger partial charge in [-0.2, -0.15) is 0 Å². The summed E-state index contributed by atoms with van der Waals surface area (Å²) in [5.41, 5.74) is 0.276. The Balaban J connectivity index is 1.45. The lowest BCUT2D eigenvalue weighted by atomic mass is 9.93. The number of piperidine rings is 1. The molecule has 7 nitrogen and oxygen atoms in total. The van der Waals surface area contributed by atoms with Crippen LogP contribution in [0.4, 0.5) is 4.79 Å². The lowest BCUT2D eigenvalue weighted by molar-refractivity contribution is -0.142. The molecular formula is C27H38ClN3O4. The Bertz CT molecular complexity index is 962. The van der Waals surface area contributed by atoms with Gasteiger partial charge < -0.3 is 19.4 Å². The predicted octanol–water partition coefficient (Wildman–Crippen LogP) is 4.54. The number of likely N-dealkylation sites (N-methyl/N-ethyl adjacent to an activating group) is 1. The first-order valence-electron chi connectivity index (χ1n) is 12.7. The molecule has 4 rings (SSSR count). The van der Waals surface area contributed by atoms with Crippen molar-refractivity contribution in [1.82, 2.24) is 14.7 Å². The first kappa shape index (κ1) is 25.8. The van der Waals surface area contributed by atoms with Crippen LogP contribution in [0.2, 0.25) is 5.02 Å². The molecule has 2 atom stereocenters. The maximum Gasteiger partial charge on any atom is 0.410 e. The van der Waals surface area contributed by atoms with Gasteiger partial charge in [-0.3, -0.25) is 9.59 Å². The molecule has 1 saturated carbocycles. The predicted molar refractivity (Wildman–Crippen MR) is 135 cm³/mol. The third kappa shape index (κ3) is 5.76. The van der Waals surface area contributed by atoms with Crippen LogP contribution in [-0.4, -0.2) is 77.5 Å². The lowest BCUT2D eigenvalue weighted by Gasteiger charge is -2.34. The molecular weight excluding hydrogens is 466 g/mol. The van der Waals surface area contributed by atoms with Crippen LogP contribution in [0.3, 0.4) is 0 Å². The lowest BCUT2D eigenvalue weighted by Crippen LogP contribution is -2.47. The van der Waals surface area contributed by atoms with Crippen molar-refractivity contribution >= 4 is 29.5 Å². The fraction of sp³-hybridized carbons (Fsp3) is 0.667. The fourth-order valence-electron chi connectivity index (χ4n) is 5.24. The van der Waals surface area contributed by atoms with Crippen LogP contribution in [0.1, 0.15) is 64.9 Å². The van der Waals surface area contributed by atoms with Gasteiger partial charge in [-0.1, -0.05) is 30.7 Å². The Morgan fingerprint density at radius 1 is 1.03 bits per heavy atom. The zero-order chi connectivity index (χ0) is 25.5. The van der Waals surface area contributed by atoms with Gasteiger partial charge in [0, 0.05) is 55.5 Å². The SMILES string of the molecule is CN(C(=O)OC(C)(C)C)[C@@H]1CN(C(=O)C2CCN(C(=O)C3(C)CC3)CC2)C[C@H]1c1ccc(Cl)cc1. The van der Waals surface area contributed by atoms with Crippen molar-refractivity contribution in [3.05, 3.63) is 34.9 Å². The van der Waals surface area contributed by atoms with E-state index in [0.717, 1.165) is 18.4 Å². The molecule has 3 aliphatic rings. The van der Waals surface area contributed by atoms with E-state index in [4.69, 9.17) is 16.3 Å². The summed E-state index contributed by atoms with van der Waals surface area (Å²) in [6.45, 7) is 9.85. The molecule has 2 aliphatic heterocycles. The summed E-state index contributed by atoms with van der Waals surface area (Å²) >= 11 is 6.11. The second kappa shape index (κ2) is 9.64. The van der Waals surface area contributed by atoms with Crippen molar-refractivity contribution in [2.75, 3.05) is 33.2 Å². The molecule has 3 amide bonds. The van der Waals surface area contributed by atoms with Crippen LogP contribution in [0.25, 0.3) is 0 Å². The zero-order valence-corrected chi connectivity index (χ0v) is 22.3. The molecule has 1 aromatic rings. The molecule has 2 saturated heterocycles. The highest BCUT2D eigenvalue weighted by Gasteiger charge is 2.48. The number of hydrogen-bond donors (Lipinski definition) is 0. The summed E-state index contributed by atoms with van der Waals surface area (Å²) in [4.78, 5) is 44.6. The molecule has 1 aromatic carbocycles. The summed E-state index contributed by atoms with van der Waals surface area (Å²) in [5.74, 6) is 0.230. The average Bonchev–Trinajstić information content (AvgIpc) is 3.41. The smallest absolute Gasteiger partial charge is 0.410 e. The second-order valence-electron chi connectivity index (χ2n) is 11.7. The number of hydrogen-bond acceptors (Lipinski definition) is 4. The van der Waals surface area contributed by atoms with E-state index in [9.17, 15) is 14.4 Å². The normalized spacial score (nSPS) is 24.3. The molecule has 0 N–H and O–H groups in total. The molecule has 2 heterocycles. The Morgan fingerprint density at radius 2 is 1.63 bits per heavy atom. The van der Waals surface area contributed by atoms with E-state index in [0.29, 0.717) is 44.0 Å². The number of amides is 3. The minimum absolute atomic E-state index is 0.0368. The molecule has 192 valence electrons. The summed E-state index contributed by atoms with van der Waals surface area (Å²) < 4.78 is 5.62. The van der Waals surface area contributed by atoms with Crippen LogP contribution in [0.15, 0.2) is 24.3 Å². The van der Waals surface area contributed by atoms with Gasteiger partial charge in [0.1, 0.15) is 5.60 Å². The molecule has 0 spiro atoms. The highest BCUT2D eigenvalue weighted by Crippen LogP contribution is 2.47. The number of carbonyl (C=O) groups excluding carboxylic acids is 3. The van der Waals surface area contributed by atoms with E-state index in [2.05, 4.69) is 0 Å². The van der Waals surface area contributed by atoms with E-state index >= 15 is 0 Å². The topological polar surface area (TPSA) is 70.2 Å². The number of rotatable bonds is 4. The number of benzene rings is 1. The van der Waals surface area contributed by atoms with E-state index in [1.54, 1.807) is 11.9 Å². The first-order chi connectivity index (χ1) is 16.4. The van der Waals surface area contributed by atoms with Gasteiger partial charge in [0.2, 0.25) is 11.8 Å². The van der Waals surface area contributed by atoms with Gasteiger partial charge in [-0.25, -0.2) is 4.79 Å². The Labute approximate surface area is 213 Å². The van der Waals surface area contributed by atoms with E-state index in [-0.39, 0.29) is 35.1 Å². The molecule has 0 aromatic heterocycles. The summed E-state index contributed by atoms with van der Waals surface area (Å²) in [7, 11) is 1.75.